The van der Waals surface area contributed by atoms with Gasteiger partial charge >= 0.3 is 0 Å². The van der Waals surface area contributed by atoms with Crippen LogP contribution in [0.25, 0.3) is 0 Å². The molecule has 2 atom stereocenters. The molecule has 0 spiro atoms. The van der Waals surface area contributed by atoms with Gasteiger partial charge in [0, 0.05) is 6.61 Å². The lowest BCUT2D eigenvalue weighted by atomic mass is 10.0. The van der Waals surface area contributed by atoms with E-state index in [2.05, 4.69) is 97.9 Å². The molecule has 28 heavy (non-hydrogen) atoms. The van der Waals surface area contributed by atoms with Crippen LogP contribution in [0.2, 0.25) is 0 Å². The van der Waals surface area contributed by atoms with E-state index in [0.717, 1.165) is 13.0 Å². The van der Waals surface area contributed by atoms with Gasteiger partial charge in [-0.2, -0.15) is 0 Å². The third-order valence-electron chi connectivity index (χ3n) is 6.05. The van der Waals surface area contributed by atoms with E-state index < -0.39 is 7.26 Å². The first-order valence-corrected chi connectivity index (χ1v) is 12.4. The standard InChI is InChI=1S/C26H30OP/c1-2-26(25-20-12-13-21-27-25)28(22-14-6-3-7-15-22,23-16-8-4-9-17-23)24-18-10-5-11-19-24/h3-11,14-19,25-26H,2,12-13,20-21H2,1H3/q+1. The van der Waals surface area contributed by atoms with Crippen molar-refractivity contribution >= 4 is 23.2 Å². The average molecular weight is 389 g/mol. The molecule has 0 bridgehead atoms. The Labute approximate surface area is 170 Å². The van der Waals surface area contributed by atoms with Crippen molar-refractivity contribution in [2.24, 2.45) is 0 Å². The molecule has 3 aromatic rings. The van der Waals surface area contributed by atoms with Gasteiger partial charge in [-0.15, -0.1) is 0 Å². The molecule has 1 heterocycles. The Balaban J connectivity index is 2.00. The van der Waals surface area contributed by atoms with Crippen LogP contribution in [0.1, 0.15) is 32.6 Å². The summed E-state index contributed by atoms with van der Waals surface area (Å²) in [5, 5.41) is 4.40. The Kier molecular flexibility index (Phi) is 6.25. The second-order valence-electron chi connectivity index (χ2n) is 7.61. The van der Waals surface area contributed by atoms with Crippen LogP contribution in [0.5, 0.6) is 0 Å². The summed E-state index contributed by atoms with van der Waals surface area (Å²) in [7, 11) is -1.86. The molecule has 0 radical (unpaired) electrons. The van der Waals surface area contributed by atoms with Crippen molar-refractivity contribution < 1.29 is 4.74 Å². The molecule has 4 rings (SSSR count). The zero-order valence-electron chi connectivity index (χ0n) is 16.7. The number of hydrogen-bond donors (Lipinski definition) is 0. The number of hydrogen-bond acceptors (Lipinski definition) is 1. The van der Waals surface area contributed by atoms with E-state index in [1.807, 2.05) is 0 Å². The van der Waals surface area contributed by atoms with Crippen LogP contribution in [0.15, 0.2) is 91.0 Å². The largest absolute Gasteiger partial charge is 0.374 e. The summed E-state index contributed by atoms with van der Waals surface area (Å²) in [4.78, 5) is 0. The first-order chi connectivity index (χ1) is 13.9. The Morgan fingerprint density at radius 1 is 0.750 bits per heavy atom. The number of benzene rings is 3. The van der Waals surface area contributed by atoms with Crippen LogP contribution in [-0.4, -0.2) is 18.4 Å². The quantitative estimate of drug-likeness (QED) is 0.518. The fourth-order valence-corrected chi connectivity index (χ4v) is 10.1. The van der Waals surface area contributed by atoms with Gasteiger partial charge in [0.1, 0.15) is 28.8 Å². The minimum atomic E-state index is -1.86. The van der Waals surface area contributed by atoms with Crippen molar-refractivity contribution in [1.29, 1.82) is 0 Å². The van der Waals surface area contributed by atoms with Gasteiger partial charge in [0.2, 0.25) is 0 Å². The highest BCUT2D eigenvalue weighted by molar-refractivity contribution is 7.96. The number of ether oxygens (including phenoxy) is 1. The molecular formula is C26H30OP+. The first kappa shape index (κ1) is 19.4. The van der Waals surface area contributed by atoms with Crippen LogP contribution in [0, 0.1) is 0 Å². The topological polar surface area (TPSA) is 9.23 Å². The molecule has 0 N–H and O–H groups in total. The smallest absolute Gasteiger partial charge is 0.117 e. The molecule has 2 unspecified atom stereocenters. The Hall–Kier alpha value is -1.95. The zero-order chi connectivity index (χ0) is 19.2. The third kappa shape index (κ3) is 3.54. The maximum atomic E-state index is 6.43. The van der Waals surface area contributed by atoms with Crippen molar-refractivity contribution in [2.45, 2.75) is 44.4 Å². The second-order valence-corrected chi connectivity index (χ2v) is 11.3. The summed E-state index contributed by atoms with van der Waals surface area (Å²) in [5.41, 5.74) is 0.486. The predicted molar refractivity (Wildman–Crippen MR) is 123 cm³/mol. The molecule has 1 nitrogen and oxygen atoms in total. The molecule has 1 aliphatic rings. The highest BCUT2D eigenvalue weighted by atomic mass is 31.2. The Bertz CT molecular complexity index is 745. The lowest BCUT2D eigenvalue weighted by Crippen LogP contribution is -2.45. The van der Waals surface area contributed by atoms with Gasteiger partial charge < -0.3 is 4.74 Å². The summed E-state index contributed by atoms with van der Waals surface area (Å²) in [6, 6.07) is 33.7. The van der Waals surface area contributed by atoms with E-state index in [4.69, 9.17) is 4.74 Å². The van der Waals surface area contributed by atoms with Crippen molar-refractivity contribution in [1.82, 2.24) is 0 Å². The third-order valence-corrected chi connectivity index (χ3v) is 11.1. The maximum absolute atomic E-state index is 6.43. The van der Waals surface area contributed by atoms with Gasteiger partial charge in [0.05, 0.1) is 6.10 Å². The van der Waals surface area contributed by atoms with E-state index in [-0.39, 0.29) is 0 Å². The Morgan fingerprint density at radius 3 is 1.57 bits per heavy atom. The summed E-state index contributed by atoms with van der Waals surface area (Å²) in [5.74, 6) is 0. The number of rotatable bonds is 6. The molecule has 0 saturated carbocycles. The molecule has 2 heteroatoms. The molecule has 1 aliphatic heterocycles. The van der Waals surface area contributed by atoms with Crippen LogP contribution < -0.4 is 15.9 Å². The SMILES string of the molecule is CCC(C1CCCCO1)[P+](c1ccccc1)(c1ccccc1)c1ccccc1. The fraction of sp³-hybridized carbons (Fsp3) is 0.308. The zero-order valence-corrected chi connectivity index (χ0v) is 17.6. The van der Waals surface area contributed by atoms with E-state index in [1.54, 1.807) is 0 Å². The van der Waals surface area contributed by atoms with Gasteiger partial charge in [0.25, 0.3) is 0 Å². The van der Waals surface area contributed by atoms with Crippen LogP contribution in [0.3, 0.4) is 0 Å². The van der Waals surface area contributed by atoms with Crippen LogP contribution >= 0.6 is 7.26 Å². The van der Waals surface area contributed by atoms with E-state index in [0.29, 0.717) is 11.8 Å². The normalized spacial score (nSPS) is 18.5. The van der Waals surface area contributed by atoms with Gasteiger partial charge in [-0.3, -0.25) is 0 Å². The minimum Gasteiger partial charge on any atom is -0.374 e. The molecule has 0 aliphatic carbocycles. The summed E-state index contributed by atoms with van der Waals surface area (Å²) >= 11 is 0. The molecule has 0 aromatic heterocycles. The molecular weight excluding hydrogens is 359 g/mol. The molecule has 144 valence electrons. The molecule has 3 aromatic carbocycles. The Morgan fingerprint density at radius 2 is 1.21 bits per heavy atom. The van der Waals surface area contributed by atoms with Crippen molar-refractivity contribution in [3.63, 3.8) is 0 Å². The van der Waals surface area contributed by atoms with Gasteiger partial charge in [-0.05, 0) is 62.1 Å². The van der Waals surface area contributed by atoms with Gasteiger partial charge in [-0.25, -0.2) is 0 Å². The minimum absolute atomic E-state index is 0.327. The van der Waals surface area contributed by atoms with Crippen molar-refractivity contribution in [2.75, 3.05) is 6.61 Å². The molecule has 1 saturated heterocycles. The van der Waals surface area contributed by atoms with Gasteiger partial charge in [-0.1, -0.05) is 61.5 Å². The summed E-state index contributed by atoms with van der Waals surface area (Å²) in [6.45, 7) is 3.26. The van der Waals surface area contributed by atoms with Crippen LogP contribution in [-0.2, 0) is 4.74 Å². The fourth-order valence-electron chi connectivity index (χ4n) is 4.87. The van der Waals surface area contributed by atoms with Crippen LogP contribution in [0.4, 0.5) is 0 Å². The highest BCUT2D eigenvalue weighted by Crippen LogP contribution is 2.62. The summed E-state index contributed by atoms with van der Waals surface area (Å²) < 4.78 is 6.43. The van der Waals surface area contributed by atoms with Gasteiger partial charge in [0.15, 0.2) is 0 Å². The first-order valence-electron chi connectivity index (χ1n) is 10.5. The van der Waals surface area contributed by atoms with Crippen molar-refractivity contribution in [3.8, 4) is 0 Å². The maximum Gasteiger partial charge on any atom is 0.117 e. The molecule has 1 fully saturated rings. The molecule has 0 amide bonds. The predicted octanol–water partition coefficient (Wildman–Crippen LogP) is 5.33. The van der Waals surface area contributed by atoms with E-state index in [9.17, 15) is 0 Å². The second kappa shape index (κ2) is 9.03. The lowest BCUT2D eigenvalue weighted by Gasteiger charge is -2.39. The van der Waals surface area contributed by atoms with E-state index >= 15 is 0 Å². The summed E-state index contributed by atoms with van der Waals surface area (Å²) in [6.07, 6.45) is 5.09. The van der Waals surface area contributed by atoms with Crippen molar-refractivity contribution in [3.05, 3.63) is 91.0 Å². The highest BCUT2D eigenvalue weighted by Gasteiger charge is 2.54. The lowest BCUT2D eigenvalue weighted by molar-refractivity contribution is 0.0137. The average Bonchev–Trinajstić information content (AvgIpc) is 2.80. The van der Waals surface area contributed by atoms with E-state index in [1.165, 1.54) is 35.2 Å². The monoisotopic (exact) mass is 389 g/mol.